The van der Waals surface area contributed by atoms with Crippen LogP contribution in [0.2, 0.25) is 0 Å². The number of anilines is 1. The Labute approximate surface area is 134 Å². The van der Waals surface area contributed by atoms with E-state index in [0.717, 1.165) is 35.2 Å². The number of pyridine rings is 1. The average Bonchev–Trinajstić information content (AvgIpc) is 3.24. The van der Waals surface area contributed by atoms with Crippen molar-refractivity contribution in [1.29, 1.82) is 0 Å². The van der Waals surface area contributed by atoms with E-state index in [1.165, 1.54) is 20.0 Å². The number of aryl methyl sites for hydroxylation is 1. The molecule has 0 aromatic carbocycles. The summed E-state index contributed by atoms with van der Waals surface area (Å²) in [6.45, 7) is 2.20. The van der Waals surface area contributed by atoms with Gasteiger partial charge in [0.15, 0.2) is 0 Å². The number of rotatable bonds is 5. The third kappa shape index (κ3) is 3.44. The van der Waals surface area contributed by atoms with E-state index < -0.39 is 0 Å². The molecule has 0 amide bonds. The van der Waals surface area contributed by atoms with Gasteiger partial charge in [-0.3, -0.25) is 4.79 Å². The molecule has 0 unspecified atom stereocenters. The van der Waals surface area contributed by atoms with Gasteiger partial charge in [-0.15, -0.1) is 11.3 Å². The minimum Gasteiger partial charge on any atom is -0.469 e. The molecule has 0 aliphatic carbocycles. The molecule has 2 aromatic rings. The van der Waals surface area contributed by atoms with Gasteiger partial charge in [0.25, 0.3) is 0 Å². The van der Waals surface area contributed by atoms with Gasteiger partial charge in [-0.05, 0) is 25.0 Å². The topological polar surface area (TPSA) is 55.3 Å². The number of methoxy groups -OCH3 is 1. The number of esters is 1. The van der Waals surface area contributed by atoms with E-state index in [1.807, 2.05) is 11.6 Å². The lowest BCUT2D eigenvalue weighted by Gasteiger charge is -2.15. The molecule has 116 valence electrons. The largest absolute Gasteiger partial charge is 0.469 e. The van der Waals surface area contributed by atoms with Gasteiger partial charge in [0.2, 0.25) is 0 Å². The molecular formula is C16H19N3O2S. The van der Waals surface area contributed by atoms with Crippen molar-refractivity contribution >= 4 is 23.1 Å². The lowest BCUT2D eigenvalue weighted by molar-refractivity contribution is -0.140. The fraction of sp³-hybridized carbons (Fsp3) is 0.438. The molecule has 2 aromatic heterocycles. The smallest absolute Gasteiger partial charge is 0.305 e. The molecule has 6 heteroatoms. The molecule has 1 aliphatic rings. The van der Waals surface area contributed by atoms with Crippen LogP contribution < -0.4 is 4.90 Å². The van der Waals surface area contributed by atoms with Crippen molar-refractivity contribution in [1.82, 2.24) is 9.97 Å². The van der Waals surface area contributed by atoms with E-state index in [-0.39, 0.29) is 5.97 Å². The minimum absolute atomic E-state index is 0.203. The fourth-order valence-corrected chi connectivity index (χ4v) is 3.38. The molecule has 1 saturated heterocycles. The second kappa shape index (κ2) is 6.87. The van der Waals surface area contributed by atoms with Gasteiger partial charge in [-0.2, -0.15) is 0 Å². The molecule has 0 radical (unpaired) electrons. The van der Waals surface area contributed by atoms with Crippen LogP contribution in [0.5, 0.6) is 0 Å². The normalized spacial score (nSPS) is 14.3. The summed E-state index contributed by atoms with van der Waals surface area (Å²) in [6.07, 6.45) is 5.36. The molecule has 0 bridgehead atoms. The molecular weight excluding hydrogens is 298 g/mol. The van der Waals surface area contributed by atoms with Crippen LogP contribution in [0, 0.1) is 0 Å². The van der Waals surface area contributed by atoms with Gasteiger partial charge in [0.05, 0.1) is 19.2 Å². The van der Waals surface area contributed by atoms with Crippen molar-refractivity contribution < 1.29 is 9.53 Å². The molecule has 0 atom stereocenters. The zero-order valence-corrected chi connectivity index (χ0v) is 13.4. The molecule has 3 heterocycles. The number of carbonyl (C=O) groups excluding carboxylic acids is 1. The Bertz CT molecular complexity index is 633. The lowest BCUT2D eigenvalue weighted by Crippen LogP contribution is -2.18. The zero-order valence-electron chi connectivity index (χ0n) is 12.6. The first-order chi connectivity index (χ1) is 10.8. The summed E-state index contributed by atoms with van der Waals surface area (Å²) in [6, 6.07) is 4.14. The maximum Gasteiger partial charge on any atom is 0.305 e. The standard InChI is InChI=1S/C16H19N3O2S/c1-21-15(20)7-5-13-11-22-16(18-13)12-4-6-14(17-10-12)19-8-2-3-9-19/h4,6,10-11H,2-3,5,7-9H2,1H3. The Kier molecular flexibility index (Phi) is 4.68. The van der Waals surface area contributed by atoms with Crippen molar-refractivity contribution in [3.05, 3.63) is 29.4 Å². The van der Waals surface area contributed by atoms with Crippen molar-refractivity contribution in [2.45, 2.75) is 25.7 Å². The molecule has 1 aliphatic heterocycles. The third-order valence-corrected chi connectivity index (χ3v) is 4.73. The highest BCUT2D eigenvalue weighted by atomic mass is 32.1. The maximum atomic E-state index is 11.2. The number of hydrogen-bond acceptors (Lipinski definition) is 6. The van der Waals surface area contributed by atoms with Crippen molar-refractivity contribution in [3.63, 3.8) is 0 Å². The number of carbonyl (C=O) groups is 1. The Morgan fingerprint density at radius 1 is 1.36 bits per heavy atom. The summed E-state index contributed by atoms with van der Waals surface area (Å²) in [4.78, 5) is 22.6. The fourth-order valence-electron chi connectivity index (χ4n) is 2.53. The predicted molar refractivity (Wildman–Crippen MR) is 87.1 cm³/mol. The van der Waals surface area contributed by atoms with Crippen LogP contribution in [0.1, 0.15) is 25.0 Å². The van der Waals surface area contributed by atoms with Crippen LogP contribution >= 0.6 is 11.3 Å². The quantitative estimate of drug-likeness (QED) is 0.794. The van der Waals surface area contributed by atoms with E-state index in [9.17, 15) is 4.79 Å². The summed E-state index contributed by atoms with van der Waals surface area (Å²) in [5.41, 5.74) is 1.95. The molecule has 1 fully saturated rings. The Hall–Kier alpha value is -1.95. The summed E-state index contributed by atoms with van der Waals surface area (Å²) >= 11 is 1.58. The number of thiazole rings is 1. The van der Waals surface area contributed by atoms with Gasteiger partial charge >= 0.3 is 5.97 Å². The molecule has 5 nitrogen and oxygen atoms in total. The lowest BCUT2D eigenvalue weighted by atomic mass is 10.2. The second-order valence-corrected chi connectivity index (χ2v) is 6.18. The molecule has 0 spiro atoms. The zero-order chi connectivity index (χ0) is 15.4. The van der Waals surface area contributed by atoms with Gasteiger partial charge in [-0.1, -0.05) is 0 Å². The van der Waals surface area contributed by atoms with Crippen LogP contribution in [0.25, 0.3) is 10.6 Å². The van der Waals surface area contributed by atoms with Gasteiger partial charge < -0.3 is 9.64 Å². The highest BCUT2D eigenvalue weighted by Gasteiger charge is 2.14. The second-order valence-electron chi connectivity index (χ2n) is 5.32. The van der Waals surface area contributed by atoms with Crippen LogP contribution in [-0.4, -0.2) is 36.1 Å². The van der Waals surface area contributed by atoms with Crippen molar-refractivity contribution in [3.8, 4) is 10.6 Å². The SMILES string of the molecule is COC(=O)CCc1csc(-c2ccc(N3CCCC3)nc2)n1. The summed E-state index contributed by atoms with van der Waals surface area (Å²) in [7, 11) is 1.41. The van der Waals surface area contributed by atoms with E-state index in [4.69, 9.17) is 0 Å². The van der Waals surface area contributed by atoms with E-state index in [1.54, 1.807) is 11.3 Å². The monoisotopic (exact) mass is 317 g/mol. The van der Waals surface area contributed by atoms with E-state index in [0.29, 0.717) is 12.8 Å². The van der Waals surface area contributed by atoms with Crippen molar-refractivity contribution in [2.75, 3.05) is 25.1 Å². The first-order valence-electron chi connectivity index (χ1n) is 7.49. The van der Waals surface area contributed by atoms with Gasteiger partial charge in [0, 0.05) is 36.7 Å². The van der Waals surface area contributed by atoms with E-state index >= 15 is 0 Å². The third-order valence-electron chi connectivity index (χ3n) is 3.79. The van der Waals surface area contributed by atoms with Crippen LogP contribution in [0.15, 0.2) is 23.7 Å². The highest BCUT2D eigenvalue weighted by molar-refractivity contribution is 7.13. The van der Waals surface area contributed by atoms with Gasteiger partial charge in [0.1, 0.15) is 10.8 Å². The first kappa shape index (κ1) is 15.0. The molecule has 22 heavy (non-hydrogen) atoms. The van der Waals surface area contributed by atoms with Crippen LogP contribution in [-0.2, 0) is 16.0 Å². The van der Waals surface area contributed by atoms with E-state index in [2.05, 4.69) is 31.7 Å². The molecule has 3 rings (SSSR count). The summed E-state index contributed by atoms with van der Waals surface area (Å²) in [5, 5.41) is 2.94. The number of ether oxygens (including phenoxy) is 1. The number of aromatic nitrogens is 2. The Morgan fingerprint density at radius 3 is 2.86 bits per heavy atom. The van der Waals surface area contributed by atoms with Gasteiger partial charge in [-0.25, -0.2) is 9.97 Å². The summed E-state index contributed by atoms with van der Waals surface area (Å²) in [5.74, 6) is 0.843. The Balaban J connectivity index is 1.66. The molecule has 0 N–H and O–H groups in total. The predicted octanol–water partition coefficient (Wildman–Crippen LogP) is 2.91. The van der Waals surface area contributed by atoms with Crippen LogP contribution in [0.4, 0.5) is 5.82 Å². The maximum absolute atomic E-state index is 11.2. The minimum atomic E-state index is -0.203. The summed E-state index contributed by atoms with van der Waals surface area (Å²) < 4.78 is 4.65. The average molecular weight is 317 g/mol. The highest BCUT2D eigenvalue weighted by Crippen LogP contribution is 2.26. The van der Waals surface area contributed by atoms with Crippen LogP contribution in [0.3, 0.4) is 0 Å². The Morgan fingerprint density at radius 2 is 2.18 bits per heavy atom. The number of nitrogens with zero attached hydrogens (tertiary/aromatic N) is 3. The first-order valence-corrected chi connectivity index (χ1v) is 8.37. The number of hydrogen-bond donors (Lipinski definition) is 0. The molecule has 0 saturated carbocycles. The van der Waals surface area contributed by atoms with Crippen molar-refractivity contribution in [2.24, 2.45) is 0 Å².